The van der Waals surface area contributed by atoms with Crippen LogP contribution in [0.2, 0.25) is 0 Å². The normalized spacial score (nSPS) is 16.3. The highest BCUT2D eigenvalue weighted by Crippen LogP contribution is 2.25. The maximum atomic E-state index is 12.7. The standard InChI is InChI=1S/C20H26N2O2/c1-14-15(2)24-16(3)19(14)20(23)21-13-18(22-11-7-8-12-22)17-9-5-4-6-10-17/h4-6,9-10,18H,7-8,11-13H2,1-3H3,(H,21,23). The van der Waals surface area contributed by atoms with Crippen LogP contribution in [0, 0.1) is 20.8 Å². The highest BCUT2D eigenvalue weighted by atomic mass is 16.3. The molecule has 2 heterocycles. The molecular formula is C20H26N2O2. The number of rotatable bonds is 5. The van der Waals surface area contributed by atoms with Crippen LogP contribution < -0.4 is 5.32 Å². The van der Waals surface area contributed by atoms with E-state index in [4.69, 9.17) is 4.42 Å². The number of aryl methyl sites for hydroxylation is 2. The van der Waals surface area contributed by atoms with Crippen molar-refractivity contribution in [3.8, 4) is 0 Å². The molecule has 1 aromatic heterocycles. The van der Waals surface area contributed by atoms with E-state index in [0.29, 0.717) is 17.9 Å². The van der Waals surface area contributed by atoms with Gasteiger partial charge < -0.3 is 9.73 Å². The van der Waals surface area contributed by atoms with E-state index in [1.54, 1.807) is 0 Å². The first-order chi connectivity index (χ1) is 11.6. The molecular weight excluding hydrogens is 300 g/mol. The van der Waals surface area contributed by atoms with E-state index in [-0.39, 0.29) is 11.9 Å². The molecule has 1 aromatic carbocycles. The van der Waals surface area contributed by atoms with Crippen molar-refractivity contribution in [2.24, 2.45) is 0 Å². The second-order valence-corrected chi connectivity index (χ2v) is 6.59. The van der Waals surface area contributed by atoms with Crippen LogP contribution in [0.5, 0.6) is 0 Å². The number of hydrogen-bond donors (Lipinski definition) is 1. The summed E-state index contributed by atoms with van der Waals surface area (Å²) in [4.78, 5) is 15.1. The van der Waals surface area contributed by atoms with E-state index in [2.05, 4.69) is 34.5 Å². The van der Waals surface area contributed by atoms with Crippen LogP contribution in [0.1, 0.15) is 51.9 Å². The summed E-state index contributed by atoms with van der Waals surface area (Å²) >= 11 is 0. The molecule has 1 unspecified atom stereocenters. The van der Waals surface area contributed by atoms with Crippen LogP contribution in [0.25, 0.3) is 0 Å². The molecule has 0 saturated carbocycles. The third kappa shape index (κ3) is 3.39. The zero-order valence-corrected chi connectivity index (χ0v) is 14.8. The third-order valence-corrected chi connectivity index (χ3v) is 5.01. The molecule has 4 nitrogen and oxygen atoms in total. The van der Waals surface area contributed by atoms with Gasteiger partial charge in [0.05, 0.1) is 11.6 Å². The molecule has 4 heteroatoms. The number of carbonyl (C=O) groups is 1. The maximum absolute atomic E-state index is 12.7. The van der Waals surface area contributed by atoms with E-state index >= 15 is 0 Å². The summed E-state index contributed by atoms with van der Waals surface area (Å²) in [5.41, 5.74) is 2.87. The average molecular weight is 326 g/mol. The van der Waals surface area contributed by atoms with Crippen LogP contribution in [-0.2, 0) is 0 Å². The van der Waals surface area contributed by atoms with Gasteiger partial charge in [-0.1, -0.05) is 30.3 Å². The Bertz CT molecular complexity index is 700. The first kappa shape index (κ1) is 16.8. The van der Waals surface area contributed by atoms with Crippen molar-refractivity contribution >= 4 is 5.91 Å². The molecule has 1 aliphatic rings. The minimum absolute atomic E-state index is 0.0398. The zero-order chi connectivity index (χ0) is 17.1. The van der Waals surface area contributed by atoms with E-state index < -0.39 is 0 Å². The Morgan fingerprint density at radius 3 is 2.38 bits per heavy atom. The van der Waals surface area contributed by atoms with Crippen LogP contribution in [-0.4, -0.2) is 30.4 Å². The molecule has 1 fully saturated rings. The van der Waals surface area contributed by atoms with E-state index in [0.717, 1.165) is 24.4 Å². The summed E-state index contributed by atoms with van der Waals surface area (Å²) in [5.74, 6) is 1.47. The fourth-order valence-corrected chi connectivity index (χ4v) is 3.59. The van der Waals surface area contributed by atoms with Gasteiger partial charge in [0, 0.05) is 12.1 Å². The predicted molar refractivity (Wildman–Crippen MR) is 95.2 cm³/mol. The van der Waals surface area contributed by atoms with Crippen molar-refractivity contribution in [1.29, 1.82) is 0 Å². The first-order valence-electron chi connectivity index (χ1n) is 8.71. The number of nitrogens with one attached hydrogen (secondary N) is 1. The molecule has 1 aliphatic heterocycles. The predicted octanol–water partition coefficient (Wildman–Crippen LogP) is 3.77. The number of likely N-dealkylation sites (tertiary alicyclic amines) is 1. The van der Waals surface area contributed by atoms with E-state index in [9.17, 15) is 4.79 Å². The van der Waals surface area contributed by atoms with Gasteiger partial charge in [-0.3, -0.25) is 9.69 Å². The SMILES string of the molecule is Cc1oc(C)c(C(=O)NCC(c2ccccc2)N2CCCC2)c1C. The first-order valence-corrected chi connectivity index (χ1v) is 8.71. The zero-order valence-electron chi connectivity index (χ0n) is 14.8. The number of amides is 1. The monoisotopic (exact) mass is 326 g/mol. The van der Waals surface area contributed by atoms with Crippen LogP contribution in [0.4, 0.5) is 0 Å². The average Bonchev–Trinajstić information content (AvgIpc) is 3.18. The lowest BCUT2D eigenvalue weighted by Crippen LogP contribution is -2.37. The summed E-state index contributed by atoms with van der Waals surface area (Å²) in [6.07, 6.45) is 2.47. The molecule has 0 aliphatic carbocycles. The molecule has 1 saturated heterocycles. The lowest BCUT2D eigenvalue weighted by atomic mass is 10.0. The van der Waals surface area contributed by atoms with Gasteiger partial charge in [-0.05, 0) is 52.3 Å². The Hall–Kier alpha value is -2.07. The molecule has 1 atom stereocenters. The molecule has 0 radical (unpaired) electrons. The fraction of sp³-hybridized carbons (Fsp3) is 0.450. The Morgan fingerprint density at radius 1 is 1.12 bits per heavy atom. The van der Waals surface area contributed by atoms with Crippen molar-refractivity contribution in [3.63, 3.8) is 0 Å². The number of nitrogens with zero attached hydrogens (tertiary/aromatic N) is 1. The third-order valence-electron chi connectivity index (χ3n) is 5.01. The number of benzene rings is 1. The van der Waals surface area contributed by atoms with E-state index in [1.165, 1.54) is 18.4 Å². The molecule has 3 rings (SSSR count). The molecule has 128 valence electrons. The van der Waals surface area contributed by atoms with Gasteiger partial charge >= 0.3 is 0 Å². The second kappa shape index (κ2) is 7.22. The molecule has 0 bridgehead atoms. The largest absolute Gasteiger partial charge is 0.466 e. The lowest BCUT2D eigenvalue weighted by molar-refractivity contribution is 0.0936. The quantitative estimate of drug-likeness (QED) is 0.909. The molecule has 0 spiro atoms. The Balaban J connectivity index is 1.75. The Morgan fingerprint density at radius 2 is 1.79 bits per heavy atom. The minimum atomic E-state index is -0.0398. The highest BCUT2D eigenvalue weighted by Gasteiger charge is 2.25. The maximum Gasteiger partial charge on any atom is 0.255 e. The molecule has 2 aromatic rings. The van der Waals surface area contributed by atoms with Crippen molar-refractivity contribution in [2.75, 3.05) is 19.6 Å². The van der Waals surface area contributed by atoms with Gasteiger partial charge in [0.25, 0.3) is 5.91 Å². The molecule has 1 amide bonds. The molecule has 24 heavy (non-hydrogen) atoms. The Kier molecular flexibility index (Phi) is 5.05. The smallest absolute Gasteiger partial charge is 0.255 e. The van der Waals surface area contributed by atoms with Crippen molar-refractivity contribution < 1.29 is 9.21 Å². The minimum Gasteiger partial charge on any atom is -0.466 e. The summed E-state index contributed by atoms with van der Waals surface area (Å²) < 4.78 is 5.59. The van der Waals surface area contributed by atoms with Crippen molar-refractivity contribution in [2.45, 2.75) is 39.7 Å². The summed E-state index contributed by atoms with van der Waals surface area (Å²) in [5, 5.41) is 3.13. The van der Waals surface area contributed by atoms with Crippen molar-refractivity contribution in [1.82, 2.24) is 10.2 Å². The lowest BCUT2D eigenvalue weighted by Gasteiger charge is -2.28. The Labute approximate surface area is 143 Å². The van der Waals surface area contributed by atoms with Gasteiger partial charge in [-0.15, -0.1) is 0 Å². The number of furan rings is 1. The number of carbonyl (C=O) groups excluding carboxylic acids is 1. The van der Waals surface area contributed by atoms with Gasteiger partial charge in [0.15, 0.2) is 0 Å². The summed E-state index contributed by atoms with van der Waals surface area (Å²) in [7, 11) is 0. The van der Waals surface area contributed by atoms with Crippen LogP contribution in [0.15, 0.2) is 34.7 Å². The highest BCUT2D eigenvalue weighted by molar-refractivity contribution is 5.96. The van der Waals surface area contributed by atoms with Gasteiger partial charge in [0.1, 0.15) is 11.5 Å². The topological polar surface area (TPSA) is 45.5 Å². The van der Waals surface area contributed by atoms with Gasteiger partial charge in [0.2, 0.25) is 0 Å². The second-order valence-electron chi connectivity index (χ2n) is 6.59. The van der Waals surface area contributed by atoms with E-state index in [1.807, 2.05) is 26.8 Å². The van der Waals surface area contributed by atoms with Crippen LogP contribution >= 0.6 is 0 Å². The molecule has 1 N–H and O–H groups in total. The number of hydrogen-bond acceptors (Lipinski definition) is 3. The van der Waals surface area contributed by atoms with Gasteiger partial charge in [-0.2, -0.15) is 0 Å². The summed E-state index contributed by atoms with van der Waals surface area (Å²) in [6.45, 7) is 8.50. The van der Waals surface area contributed by atoms with Crippen molar-refractivity contribution in [3.05, 3.63) is 58.5 Å². The van der Waals surface area contributed by atoms with Gasteiger partial charge in [-0.25, -0.2) is 0 Å². The summed E-state index contributed by atoms with van der Waals surface area (Å²) in [6, 6.07) is 10.7. The van der Waals surface area contributed by atoms with Crippen LogP contribution in [0.3, 0.4) is 0 Å². The fourth-order valence-electron chi connectivity index (χ4n) is 3.59.